The van der Waals surface area contributed by atoms with Gasteiger partial charge >= 0.3 is 0 Å². The first-order chi connectivity index (χ1) is 3.84. The van der Waals surface area contributed by atoms with Gasteiger partial charge in [-0.2, -0.15) is 0 Å². The fraction of sp³-hybridized carbons (Fsp3) is 0. The minimum atomic E-state index is 0.0617. The van der Waals surface area contributed by atoms with Gasteiger partial charge in [0.25, 0.3) is 6.29 Å². The summed E-state index contributed by atoms with van der Waals surface area (Å²) in [4.78, 5) is 9.79. The highest BCUT2D eigenvalue weighted by Gasteiger charge is 1.99. The van der Waals surface area contributed by atoms with Crippen LogP contribution in [-0.4, -0.2) is 6.29 Å². The first-order valence-electron chi connectivity index (χ1n) is 1.95. The molecule has 1 aromatic rings. The number of furan rings is 1. The van der Waals surface area contributed by atoms with Crippen molar-refractivity contribution < 1.29 is 9.21 Å². The van der Waals surface area contributed by atoms with Gasteiger partial charge in [0.05, 0.1) is 11.3 Å². The van der Waals surface area contributed by atoms with E-state index in [1.165, 1.54) is 18.6 Å². The maximum atomic E-state index is 9.79. The Kier molecular flexibility index (Phi) is 1.35. The van der Waals surface area contributed by atoms with Gasteiger partial charge in [-0.25, -0.2) is 0 Å². The van der Waals surface area contributed by atoms with Crippen LogP contribution in [-0.2, 0) is 4.79 Å². The normalized spacial score (nSPS) is 9.12. The van der Waals surface area contributed by atoms with Crippen LogP contribution in [0.4, 0.5) is 0 Å². The van der Waals surface area contributed by atoms with E-state index in [0.29, 0.717) is 5.02 Å². The molecule has 0 aliphatic heterocycles. The highest BCUT2D eigenvalue weighted by Crippen LogP contribution is 2.12. The van der Waals surface area contributed by atoms with Crippen LogP contribution in [0.2, 0.25) is 5.02 Å². The first-order valence-corrected chi connectivity index (χ1v) is 2.33. The predicted octanol–water partition coefficient (Wildman–Crippen LogP) is 1.39. The summed E-state index contributed by atoms with van der Waals surface area (Å²) in [6.07, 6.45) is 2.86. The Bertz CT molecular complexity index is 192. The van der Waals surface area contributed by atoms with Crippen LogP contribution in [0.25, 0.3) is 0 Å². The van der Waals surface area contributed by atoms with Gasteiger partial charge < -0.3 is 4.42 Å². The van der Waals surface area contributed by atoms with Gasteiger partial charge in [0.1, 0.15) is 0 Å². The van der Waals surface area contributed by atoms with Crippen molar-refractivity contribution >= 4 is 17.9 Å². The average Bonchev–Trinajstić information content (AvgIpc) is 2.14. The zero-order valence-electron chi connectivity index (χ0n) is 3.85. The highest BCUT2D eigenvalue weighted by atomic mass is 35.5. The molecule has 3 heteroatoms. The molecule has 0 saturated carbocycles. The lowest BCUT2D eigenvalue weighted by Crippen LogP contribution is -1.70. The Hall–Kier alpha value is -0.760. The smallest absolute Gasteiger partial charge is 0.273 e. The van der Waals surface area contributed by atoms with E-state index in [2.05, 4.69) is 4.42 Å². The molecule has 0 fully saturated rings. The second kappa shape index (κ2) is 2.01. The van der Waals surface area contributed by atoms with E-state index in [4.69, 9.17) is 11.6 Å². The maximum absolute atomic E-state index is 9.79. The zero-order valence-corrected chi connectivity index (χ0v) is 4.61. The molecule has 1 aromatic heterocycles. The van der Waals surface area contributed by atoms with E-state index in [9.17, 15) is 4.79 Å². The van der Waals surface area contributed by atoms with Crippen molar-refractivity contribution in [1.82, 2.24) is 0 Å². The monoisotopic (exact) mass is 129 g/mol. The number of carbonyl (C=O) groups excluding carboxylic acids is 1. The van der Waals surface area contributed by atoms with Crippen molar-refractivity contribution in [2.24, 2.45) is 0 Å². The molecule has 41 valence electrons. The third-order valence-electron chi connectivity index (χ3n) is 0.710. The van der Waals surface area contributed by atoms with Crippen molar-refractivity contribution in [2.75, 3.05) is 0 Å². The van der Waals surface area contributed by atoms with Crippen molar-refractivity contribution in [3.05, 3.63) is 23.1 Å². The van der Waals surface area contributed by atoms with Crippen LogP contribution in [0, 0.1) is 0 Å². The van der Waals surface area contributed by atoms with Gasteiger partial charge in [-0.15, -0.1) is 0 Å². The molecule has 0 amide bonds. The fourth-order valence-electron chi connectivity index (χ4n) is 0.367. The molecular weight excluding hydrogens is 128 g/mol. The molecular formula is C5H2ClO2. The first kappa shape index (κ1) is 5.38. The van der Waals surface area contributed by atoms with Crippen LogP contribution in [0.15, 0.2) is 16.7 Å². The topological polar surface area (TPSA) is 30.2 Å². The van der Waals surface area contributed by atoms with Crippen LogP contribution in [0.1, 0.15) is 5.76 Å². The zero-order chi connectivity index (χ0) is 5.98. The van der Waals surface area contributed by atoms with Gasteiger partial charge in [-0.3, -0.25) is 4.79 Å². The summed E-state index contributed by atoms with van der Waals surface area (Å²) in [5, 5.41) is 0.306. The third-order valence-corrected chi connectivity index (χ3v) is 1.01. The van der Waals surface area contributed by atoms with Crippen LogP contribution < -0.4 is 0 Å². The van der Waals surface area contributed by atoms with E-state index < -0.39 is 0 Å². The third kappa shape index (κ3) is 0.746. The van der Waals surface area contributed by atoms with E-state index in [1.54, 1.807) is 0 Å². The molecule has 0 saturated heterocycles. The van der Waals surface area contributed by atoms with Crippen molar-refractivity contribution in [3.8, 4) is 0 Å². The van der Waals surface area contributed by atoms with E-state index >= 15 is 0 Å². The number of rotatable bonds is 1. The number of halogens is 1. The SMILES string of the molecule is O=[C]c1occc1Cl. The van der Waals surface area contributed by atoms with Crippen molar-refractivity contribution in [1.29, 1.82) is 0 Å². The van der Waals surface area contributed by atoms with Gasteiger partial charge in [0, 0.05) is 0 Å². The van der Waals surface area contributed by atoms with Gasteiger partial charge in [0.2, 0.25) is 0 Å². The predicted molar refractivity (Wildman–Crippen MR) is 28.5 cm³/mol. The largest absolute Gasteiger partial charge is 0.459 e. The van der Waals surface area contributed by atoms with Crippen molar-refractivity contribution in [2.45, 2.75) is 0 Å². The number of hydrogen-bond donors (Lipinski definition) is 0. The summed E-state index contributed by atoms with van der Waals surface area (Å²) in [6, 6.07) is 1.49. The van der Waals surface area contributed by atoms with E-state index in [-0.39, 0.29) is 5.76 Å². The van der Waals surface area contributed by atoms with E-state index in [1.807, 2.05) is 0 Å². The molecule has 0 aromatic carbocycles. The summed E-state index contributed by atoms with van der Waals surface area (Å²) in [5.41, 5.74) is 0. The van der Waals surface area contributed by atoms with Gasteiger partial charge in [-0.1, -0.05) is 11.6 Å². The fourth-order valence-corrected chi connectivity index (χ4v) is 0.501. The standard InChI is InChI=1S/C5H2ClO2/c6-4-1-2-8-5(4)3-7/h1-2H. The molecule has 1 rings (SSSR count). The Morgan fingerprint density at radius 2 is 2.50 bits per heavy atom. The lowest BCUT2D eigenvalue weighted by Gasteiger charge is -1.74. The summed E-state index contributed by atoms with van der Waals surface area (Å²) in [6.45, 7) is 0. The van der Waals surface area contributed by atoms with Crippen molar-refractivity contribution in [3.63, 3.8) is 0 Å². The second-order valence-electron chi connectivity index (χ2n) is 1.20. The molecule has 0 spiro atoms. The van der Waals surface area contributed by atoms with E-state index in [0.717, 1.165) is 0 Å². The minimum absolute atomic E-state index is 0.0617. The molecule has 1 radical (unpaired) electrons. The summed E-state index contributed by atoms with van der Waals surface area (Å²) in [5.74, 6) is 0.0617. The summed E-state index contributed by atoms with van der Waals surface area (Å²) >= 11 is 5.38. The van der Waals surface area contributed by atoms with Crippen LogP contribution in [0.5, 0.6) is 0 Å². The molecule has 0 N–H and O–H groups in total. The molecule has 0 aliphatic carbocycles. The Morgan fingerprint density at radius 1 is 1.75 bits per heavy atom. The molecule has 0 atom stereocenters. The molecule has 0 aliphatic rings. The maximum Gasteiger partial charge on any atom is 0.273 e. The van der Waals surface area contributed by atoms with Crippen LogP contribution in [0.3, 0.4) is 0 Å². The molecule has 8 heavy (non-hydrogen) atoms. The van der Waals surface area contributed by atoms with Gasteiger partial charge in [-0.05, 0) is 6.07 Å². The highest BCUT2D eigenvalue weighted by molar-refractivity contribution is 6.32. The Morgan fingerprint density at radius 3 is 2.75 bits per heavy atom. The molecule has 0 unspecified atom stereocenters. The second-order valence-corrected chi connectivity index (χ2v) is 1.61. The number of hydrogen-bond acceptors (Lipinski definition) is 2. The minimum Gasteiger partial charge on any atom is -0.459 e. The Labute approximate surface area is 51.1 Å². The van der Waals surface area contributed by atoms with Gasteiger partial charge in [0.15, 0.2) is 5.76 Å². The summed E-state index contributed by atoms with van der Waals surface area (Å²) < 4.78 is 4.56. The average molecular weight is 130 g/mol. The molecule has 2 nitrogen and oxygen atoms in total. The molecule has 0 bridgehead atoms. The quantitative estimate of drug-likeness (QED) is 0.574. The Balaban J connectivity index is 3.09. The lowest BCUT2D eigenvalue weighted by molar-refractivity contribution is 0.518. The summed E-state index contributed by atoms with van der Waals surface area (Å²) in [7, 11) is 0. The lowest BCUT2D eigenvalue weighted by atomic mass is 10.5. The molecule has 1 heterocycles. The van der Waals surface area contributed by atoms with Crippen LogP contribution >= 0.6 is 11.6 Å².